The molecule has 0 aliphatic rings. The Morgan fingerprint density at radius 3 is 1.39 bits per heavy atom. The normalized spacial score (nSPS) is 12.3. The maximum absolute atomic E-state index is 9.19. The summed E-state index contributed by atoms with van der Waals surface area (Å²) in [7, 11) is -4.67. The predicted molar refractivity (Wildman–Crippen MR) is 141 cm³/mol. The number of hydrogen-bond donors (Lipinski definition) is 3. The van der Waals surface area contributed by atoms with Crippen molar-refractivity contribution in [2.75, 3.05) is 26.2 Å². The lowest BCUT2D eigenvalue weighted by Crippen LogP contribution is -2.50. The first-order valence-electron chi connectivity index (χ1n) is 12.0. The Morgan fingerprint density at radius 2 is 1.15 bits per heavy atom. The SMILES string of the molecule is CC(O)c1cc(Cl)ccc1Cl.CCCC[N+](CCCC)(CCCC)CCCC.O=S(=O)(O)O. The summed E-state index contributed by atoms with van der Waals surface area (Å²) in [5, 5.41) is 10.3. The summed E-state index contributed by atoms with van der Waals surface area (Å²) >= 11 is 11.5. The van der Waals surface area contributed by atoms with Crippen LogP contribution in [0.1, 0.15) is 97.7 Å². The van der Waals surface area contributed by atoms with E-state index in [-0.39, 0.29) is 0 Å². The lowest BCUT2D eigenvalue weighted by molar-refractivity contribution is -0.929. The molecule has 33 heavy (non-hydrogen) atoms. The predicted octanol–water partition coefficient (Wildman–Crippen LogP) is 7.40. The Labute approximate surface area is 212 Å². The van der Waals surface area contributed by atoms with Crippen molar-refractivity contribution in [1.29, 1.82) is 0 Å². The molecule has 3 N–H and O–H groups in total. The summed E-state index contributed by atoms with van der Waals surface area (Å²) in [6.07, 6.45) is 10.5. The molecule has 0 spiro atoms. The van der Waals surface area contributed by atoms with Crippen molar-refractivity contribution < 1.29 is 27.1 Å². The smallest absolute Gasteiger partial charge is 0.389 e. The maximum atomic E-state index is 9.19. The topological polar surface area (TPSA) is 94.8 Å². The van der Waals surface area contributed by atoms with Crippen molar-refractivity contribution >= 4 is 33.6 Å². The minimum absolute atomic E-state index is 0.546. The molecule has 0 aliphatic carbocycles. The molecule has 1 aromatic carbocycles. The zero-order valence-corrected chi connectivity index (χ0v) is 23.4. The number of nitrogens with zero attached hydrogens (tertiary/aromatic N) is 1. The number of aliphatic hydroxyl groups is 1. The molecule has 0 radical (unpaired) electrons. The highest BCUT2D eigenvalue weighted by Crippen LogP contribution is 2.25. The fourth-order valence-electron chi connectivity index (χ4n) is 3.48. The first-order valence-corrected chi connectivity index (χ1v) is 14.2. The molecule has 0 saturated heterocycles. The van der Waals surface area contributed by atoms with Gasteiger partial charge in [0.1, 0.15) is 0 Å². The lowest BCUT2D eigenvalue weighted by atomic mass is 10.1. The number of quaternary nitrogens is 1. The van der Waals surface area contributed by atoms with Crippen LogP contribution in [0.5, 0.6) is 0 Å². The van der Waals surface area contributed by atoms with Gasteiger partial charge in [-0.2, -0.15) is 8.42 Å². The van der Waals surface area contributed by atoms with E-state index in [0.717, 1.165) is 0 Å². The van der Waals surface area contributed by atoms with Gasteiger partial charge < -0.3 is 9.59 Å². The zero-order chi connectivity index (χ0) is 25.9. The third kappa shape index (κ3) is 20.7. The fourth-order valence-corrected chi connectivity index (χ4v) is 3.94. The molecule has 1 atom stereocenters. The van der Waals surface area contributed by atoms with Crippen molar-refractivity contribution in [1.82, 2.24) is 0 Å². The van der Waals surface area contributed by atoms with Gasteiger partial charge in [0.05, 0.1) is 32.3 Å². The third-order valence-electron chi connectivity index (χ3n) is 5.35. The van der Waals surface area contributed by atoms with Gasteiger partial charge in [-0.15, -0.1) is 0 Å². The molecule has 0 saturated carbocycles. The van der Waals surface area contributed by atoms with Crippen LogP contribution in [0.2, 0.25) is 10.0 Å². The summed E-state index contributed by atoms with van der Waals surface area (Å²) in [5.41, 5.74) is 0.666. The van der Waals surface area contributed by atoms with E-state index in [4.69, 9.17) is 40.7 Å². The Bertz CT molecular complexity index is 669. The largest absolute Gasteiger partial charge is 0.394 e. The number of halogens is 2. The van der Waals surface area contributed by atoms with Gasteiger partial charge >= 0.3 is 10.4 Å². The van der Waals surface area contributed by atoms with E-state index in [1.807, 2.05) is 0 Å². The van der Waals surface area contributed by atoms with Gasteiger partial charge in [0.25, 0.3) is 0 Å². The number of rotatable bonds is 13. The maximum Gasteiger partial charge on any atom is 0.394 e. The van der Waals surface area contributed by atoms with E-state index in [1.54, 1.807) is 25.1 Å². The number of aliphatic hydroxyl groups excluding tert-OH is 1. The molecule has 0 amide bonds. The van der Waals surface area contributed by atoms with Crippen LogP contribution in [0.25, 0.3) is 0 Å². The van der Waals surface area contributed by atoms with Gasteiger partial charge in [0.2, 0.25) is 0 Å². The lowest BCUT2D eigenvalue weighted by Gasteiger charge is -2.39. The van der Waals surface area contributed by atoms with Crippen molar-refractivity contribution in [3.63, 3.8) is 0 Å². The molecule has 0 heterocycles. The van der Waals surface area contributed by atoms with Crippen LogP contribution >= 0.6 is 23.2 Å². The molecule has 1 unspecified atom stereocenters. The number of hydrogen-bond acceptors (Lipinski definition) is 3. The number of unbranched alkanes of at least 4 members (excludes halogenated alkanes) is 4. The summed E-state index contributed by atoms with van der Waals surface area (Å²) < 4.78 is 33.0. The highest BCUT2D eigenvalue weighted by Gasteiger charge is 2.24. The van der Waals surface area contributed by atoms with Crippen LogP contribution in [0, 0.1) is 0 Å². The van der Waals surface area contributed by atoms with Crippen LogP contribution in [0.15, 0.2) is 18.2 Å². The van der Waals surface area contributed by atoms with Crippen molar-refractivity contribution in [2.45, 2.75) is 92.1 Å². The first-order chi connectivity index (χ1) is 15.4. The zero-order valence-electron chi connectivity index (χ0n) is 21.1. The summed E-state index contributed by atoms with van der Waals surface area (Å²) in [6, 6.07) is 5.02. The molecule has 0 fully saturated rings. The quantitative estimate of drug-likeness (QED) is 0.182. The van der Waals surface area contributed by atoms with Gasteiger partial charge in [-0.05, 0) is 50.8 Å². The summed E-state index contributed by atoms with van der Waals surface area (Å²) in [5.74, 6) is 0. The fraction of sp³-hybridized carbons (Fsp3) is 0.750. The van der Waals surface area contributed by atoms with E-state index in [0.29, 0.717) is 15.6 Å². The standard InChI is InChI=1S/C16H36N.C8H8Cl2O.H2O4S/c1-5-9-13-17(14-10-6-2,15-11-7-3)16-12-8-4;1-5(11)7-4-6(9)2-3-8(7)10;1-5(2,3)4/h5-16H2,1-4H3;2-5,11H,1H3;(H2,1,2,3,4)/q+1;;. The summed E-state index contributed by atoms with van der Waals surface area (Å²) in [4.78, 5) is 0. The van der Waals surface area contributed by atoms with Crippen LogP contribution < -0.4 is 0 Å². The van der Waals surface area contributed by atoms with Gasteiger partial charge in [-0.1, -0.05) is 76.6 Å². The molecular weight excluding hydrogens is 485 g/mol. The minimum atomic E-state index is -4.67. The Balaban J connectivity index is 0. The molecule has 0 bridgehead atoms. The average molecular weight is 532 g/mol. The first kappa shape index (κ1) is 34.8. The molecule has 1 aromatic rings. The van der Waals surface area contributed by atoms with Gasteiger partial charge in [-0.3, -0.25) is 9.11 Å². The van der Waals surface area contributed by atoms with Crippen LogP contribution in [-0.4, -0.2) is 53.3 Å². The van der Waals surface area contributed by atoms with Gasteiger partial charge in [-0.25, -0.2) is 0 Å². The third-order valence-corrected chi connectivity index (χ3v) is 5.93. The molecule has 9 heteroatoms. The van der Waals surface area contributed by atoms with Crippen LogP contribution in [0.3, 0.4) is 0 Å². The minimum Gasteiger partial charge on any atom is -0.389 e. The molecule has 0 aliphatic heterocycles. The van der Waals surface area contributed by atoms with E-state index in [9.17, 15) is 5.11 Å². The van der Waals surface area contributed by atoms with E-state index in [1.165, 1.54) is 82.0 Å². The second kappa shape index (κ2) is 19.8. The van der Waals surface area contributed by atoms with E-state index in [2.05, 4.69) is 27.7 Å². The Morgan fingerprint density at radius 1 is 0.818 bits per heavy atom. The van der Waals surface area contributed by atoms with Gasteiger partial charge in [0.15, 0.2) is 0 Å². The van der Waals surface area contributed by atoms with E-state index >= 15 is 0 Å². The Kier molecular flexibility index (Phi) is 20.9. The average Bonchev–Trinajstić information content (AvgIpc) is 2.73. The van der Waals surface area contributed by atoms with Crippen LogP contribution in [-0.2, 0) is 10.4 Å². The van der Waals surface area contributed by atoms with Gasteiger partial charge in [0, 0.05) is 15.6 Å². The van der Waals surface area contributed by atoms with Crippen molar-refractivity contribution in [3.8, 4) is 0 Å². The monoisotopic (exact) mass is 530 g/mol. The molecular formula is C24H46Cl2NO5S+. The second-order valence-corrected chi connectivity index (χ2v) is 10.2. The second-order valence-electron chi connectivity index (χ2n) is 8.44. The molecule has 0 aromatic heterocycles. The number of benzene rings is 1. The summed E-state index contributed by atoms with van der Waals surface area (Å²) in [6.45, 7) is 16.7. The molecule has 6 nitrogen and oxygen atoms in total. The van der Waals surface area contributed by atoms with Crippen LogP contribution in [0.4, 0.5) is 0 Å². The highest BCUT2D eigenvalue weighted by atomic mass is 35.5. The highest BCUT2D eigenvalue weighted by molar-refractivity contribution is 7.79. The molecule has 1 rings (SSSR count). The Hall–Kier alpha value is -0.410. The molecule has 196 valence electrons. The van der Waals surface area contributed by atoms with Crippen molar-refractivity contribution in [2.24, 2.45) is 0 Å². The van der Waals surface area contributed by atoms with E-state index < -0.39 is 16.5 Å². The van der Waals surface area contributed by atoms with Crippen molar-refractivity contribution in [3.05, 3.63) is 33.8 Å².